The monoisotopic (exact) mass is 618 g/mol. The molecule has 0 saturated heterocycles. The first-order chi connectivity index (χ1) is 20.8. The molecule has 224 valence electrons. The molecule has 0 atom stereocenters. The highest BCUT2D eigenvalue weighted by Crippen LogP contribution is 2.52. The van der Waals surface area contributed by atoms with E-state index in [9.17, 15) is 45.0 Å². The summed E-state index contributed by atoms with van der Waals surface area (Å²) in [6, 6.07) is 8.06. The quantitative estimate of drug-likeness (QED) is 0.176. The summed E-state index contributed by atoms with van der Waals surface area (Å²) < 4.78 is 130. The highest BCUT2D eigenvalue weighted by molar-refractivity contribution is 6.00. The number of hydrogen-bond acceptors (Lipinski definition) is 4. The molecule has 0 spiro atoms. The summed E-state index contributed by atoms with van der Waals surface area (Å²) in [6.45, 7) is 0. The predicted molar refractivity (Wildman–Crippen MR) is 138 cm³/mol. The van der Waals surface area contributed by atoms with Crippen LogP contribution >= 0.6 is 0 Å². The minimum atomic E-state index is -1.77. The SMILES string of the molecule is O=C(O)c1cc(Oc2cc(F)cc(F)c2)c(Oc2cc(F)cc(F)c2)c(Oc2cc(F)cc(F)c2)c1-c1cc(F)cc(F)c1. The van der Waals surface area contributed by atoms with Gasteiger partial charge >= 0.3 is 5.97 Å². The molecule has 0 aliphatic carbocycles. The Hall–Kier alpha value is -5.59. The lowest BCUT2D eigenvalue weighted by Crippen LogP contribution is -2.06. The lowest BCUT2D eigenvalue weighted by atomic mass is 9.96. The molecule has 0 radical (unpaired) electrons. The van der Waals surface area contributed by atoms with Crippen LogP contribution in [0, 0.1) is 46.5 Å². The zero-order valence-electron chi connectivity index (χ0n) is 21.6. The summed E-state index contributed by atoms with van der Waals surface area (Å²) in [6.07, 6.45) is 0. The maximum absolute atomic E-state index is 14.4. The minimum Gasteiger partial charge on any atom is -0.478 e. The molecule has 0 aliphatic heterocycles. The van der Waals surface area contributed by atoms with Crippen molar-refractivity contribution in [3.05, 3.63) is 131 Å². The van der Waals surface area contributed by atoms with Crippen LogP contribution in [0.2, 0.25) is 0 Å². The Labute approximate surface area is 242 Å². The molecule has 0 unspecified atom stereocenters. The molecule has 0 saturated carbocycles. The van der Waals surface area contributed by atoms with Crippen LogP contribution in [0.1, 0.15) is 10.4 Å². The van der Waals surface area contributed by atoms with Crippen molar-refractivity contribution in [3.8, 4) is 45.6 Å². The van der Waals surface area contributed by atoms with Gasteiger partial charge in [0.1, 0.15) is 63.8 Å². The van der Waals surface area contributed by atoms with E-state index in [1.807, 2.05) is 0 Å². The second-order valence-corrected chi connectivity index (χ2v) is 9.04. The fraction of sp³-hybridized carbons (Fsp3) is 0. The second kappa shape index (κ2) is 12.0. The van der Waals surface area contributed by atoms with E-state index in [0.29, 0.717) is 78.9 Å². The Morgan fingerprint density at radius 3 is 1.18 bits per heavy atom. The predicted octanol–water partition coefficient (Wildman–Crippen LogP) is 9.54. The molecule has 13 heteroatoms. The number of aromatic carboxylic acids is 1. The topological polar surface area (TPSA) is 65.0 Å². The van der Waals surface area contributed by atoms with E-state index in [1.54, 1.807) is 0 Å². The number of carboxylic acid groups (broad SMARTS) is 1. The van der Waals surface area contributed by atoms with E-state index in [1.165, 1.54) is 0 Å². The van der Waals surface area contributed by atoms with Crippen LogP contribution in [-0.4, -0.2) is 11.1 Å². The Balaban J connectivity index is 1.87. The smallest absolute Gasteiger partial charge is 0.336 e. The van der Waals surface area contributed by atoms with E-state index in [0.717, 1.165) is 0 Å². The summed E-state index contributed by atoms with van der Waals surface area (Å²) in [7, 11) is 0. The Kier molecular flexibility index (Phi) is 8.12. The average molecular weight is 618 g/mol. The molecule has 0 fully saturated rings. The van der Waals surface area contributed by atoms with Gasteiger partial charge in [0, 0.05) is 72.3 Å². The molecule has 0 aromatic heterocycles. The molecule has 1 N–H and O–H groups in total. The van der Waals surface area contributed by atoms with Crippen molar-refractivity contribution < 1.29 is 59.2 Å². The van der Waals surface area contributed by atoms with Crippen LogP contribution in [0.25, 0.3) is 11.1 Å². The number of rotatable bonds is 8. The number of halogens is 8. The number of hydrogen-bond donors (Lipinski definition) is 1. The number of ether oxygens (including phenoxy) is 3. The first-order valence-electron chi connectivity index (χ1n) is 12.2. The molecule has 5 aromatic rings. The van der Waals surface area contributed by atoms with Crippen LogP contribution < -0.4 is 14.2 Å². The van der Waals surface area contributed by atoms with Crippen molar-refractivity contribution in [1.29, 1.82) is 0 Å². The molecular formula is C31H14F8O5. The Morgan fingerprint density at radius 2 is 0.795 bits per heavy atom. The maximum Gasteiger partial charge on any atom is 0.336 e. The van der Waals surface area contributed by atoms with E-state index in [4.69, 9.17) is 14.2 Å². The van der Waals surface area contributed by atoms with Gasteiger partial charge in [-0.15, -0.1) is 0 Å². The van der Waals surface area contributed by atoms with Crippen LogP contribution in [-0.2, 0) is 0 Å². The van der Waals surface area contributed by atoms with Crippen molar-refractivity contribution in [1.82, 2.24) is 0 Å². The van der Waals surface area contributed by atoms with Crippen molar-refractivity contribution in [2.24, 2.45) is 0 Å². The molecule has 0 aliphatic rings. The third kappa shape index (κ3) is 6.72. The molecule has 5 nitrogen and oxygen atoms in total. The summed E-state index contributed by atoms with van der Waals surface area (Å²) >= 11 is 0. The largest absolute Gasteiger partial charge is 0.478 e. The summed E-state index contributed by atoms with van der Waals surface area (Å²) in [5.74, 6) is -15.1. The third-order valence-electron chi connectivity index (χ3n) is 5.76. The highest BCUT2D eigenvalue weighted by Gasteiger charge is 2.29. The Morgan fingerprint density at radius 1 is 0.455 bits per heavy atom. The lowest BCUT2D eigenvalue weighted by Gasteiger charge is -2.22. The van der Waals surface area contributed by atoms with E-state index in [-0.39, 0.29) is 0 Å². The van der Waals surface area contributed by atoms with E-state index < -0.39 is 104 Å². The van der Waals surface area contributed by atoms with Gasteiger partial charge in [-0.25, -0.2) is 39.9 Å². The minimum absolute atomic E-state index is 0.468. The van der Waals surface area contributed by atoms with Crippen LogP contribution in [0.15, 0.2) is 78.9 Å². The second-order valence-electron chi connectivity index (χ2n) is 9.04. The van der Waals surface area contributed by atoms with Gasteiger partial charge in [-0.3, -0.25) is 0 Å². The zero-order chi connectivity index (χ0) is 31.7. The average Bonchev–Trinajstić information content (AvgIpc) is 2.88. The Bertz CT molecular complexity index is 1850. The van der Waals surface area contributed by atoms with Crippen LogP contribution in [0.3, 0.4) is 0 Å². The summed E-state index contributed by atoms with van der Waals surface area (Å²) in [4.78, 5) is 12.5. The van der Waals surface area contributed by atoms with E-state index in [2.05, 4.69) is 0 Å². The number of carboxylic acids is 1. The molecule has 5 aromatic carbocycles. The zero-order valence-corrected chi connectivity index (χ0v) is 21.6. The van der Waals surface area contributed by atoms with Gasteiger partial charge in [-0.2, -0.15) is 0 Å². The van der Waals surface area contributed by atoms with Gasteiger partial charge < -0.3 is 19.3 Å². The van der Waals surface area contributed by atoms with E-state index >= 15 is 0 Å². The summed E-state index contributed by atoms with van der Waals surface area (Å²) in [5.41, 5.74) is -1.96. The highest BCUT2D eigenvalue weighted by atomic mass is 19.2. The van der Waals surface area contributed by atoms with Gasteiger partial charge in [0.2, 0.25) is 5.75 Å². The van der Waals surface area contributed by atoms with Gasteiger partial charge in [0.05, 0.1) is 5.56 Å². The molecule has 5 rings (SSSR count). The van der Waals surface area contributed by atoms with Gasteiger partial charge in [-0.1, -0.05) is 0 Å². The van der Waals surface area contributed by atoms with Crippen LogP contribution in [0.5, 0.6) is 34.5 Å². The number of carbonyl (C=O) groups is 1. The summed E-state index contributed by atoms with van der Waals surface area (Å²) in [5, 5.41) is 10.1. The molecular weight excluding hydrogens is 604 g/mol. The van der Waals surface area contributed by atoms with Gasteiger partial charge in [-0.05, 0) is 17.7 Å². The van der Waals surface area contributed by atoms with Crippen molar-refractivity contribution in [2.75, 3.05) is 0 Å². The molecule has 0 amide bonds. The van der Waals surface area contributed by atoms with Gasteiger partial charge in [0.15, 0.2) is 11.5 Å². The fourth-order valence-corrected chi connectivity index (χ4v) is 4.16. The van der Waals surface area contributed by atoms with Crippen molar-refractivity contribution >= 4 is 5.97 Å². The maximum atomic E-state index is 14.4. The van der Waals surface area contributed by atoms with Gasteiger partial charge in [0.25, 0.3) is 0 Å². The van der Waals surface area contributed by atoms with Crippen molar-refractivity contribution in [3.63, 3.8) is 0 Å². The lowest BCUT2D eigenvalue weighted by molar-refractivity contribution is 0.0697. The third-order valence-corrected chi connectivity index (χ3v) is 5.76. The molecule has 0 bridgehead atoms. The van der Waals surface area contributed by atoms with Crippen molar-refractivity contribution in [2.45, 2.75) is 0 Å². The molecule has 0 heterocycles. The first-order valence-corrected chi connectivity index (χ1v) is 12.2. The normalized spacial score (nSPS) is 10.9. The fourth-order valence-electron chi connectivity index (χ4n) is 4.16. The van der Waals surface area contributed by atoms with Crippen LogP contribution in [0.4, 0.5) is 35.1 Å². The standard InChI is InChI=1S/C31H14F8O5/c32-15-1-14(2-16(33)3-15)28-26(31(40)41)13-27(42-23-7-17(34)4-18(35)8-23)29(43-24-9-19(36)5-20(37)10-24)30(28)44-25-11-21(38)6-22(39)12-25/h1-13H,(H,40,41). The number of benzene rings is 5. The molecule has 44 heavy (non-hydrogen) atoms. The first kappa shape index (κ1) is 29.9.